The van der Waals surface area contributed by atoms with E-state index in [0.29, 0.717) is 34.7 Å². The van der Waals surface area contributed by atoms with Gasteiger partial charge < -0.3 is 10.1 Å². The molecule has 1 N–H and O–H groups in total. The molecule has 0 aromatic heterocycles. The van der Waals surface area contributed by atoms with Crippen LogP contribution in [0.3, 0.4) is 0 Å². The average molecular weight is 398 g/mol. The Morgan fingerprint density at radius 2 is 1.80 bits per heavy atom. The van der Waals surface area contributed by atoms with E-state index in [2.05, 4.69) is 11.4 Å². The lowest BCUT2D eigenvalue weighted by Crippen LogP contribution is -2.29. The summed E-state index contributed by atoms with van der Waals surface area (Å²) in [4.78, 5) is 11.8. The molecule has 0 bridgehead atoms. The third-order valence-corrected chi connectivity index (χ3v) is 5.12. The molecule has 1 amide bonds. The van der Waals surface area contributed by atoms with E-state index in [1.807, 2.05) is 38.1 Å². The molecule has 0 aliphatic carbocycles. The lowest BCUT2D eigenvalue weighted by atomic mass is 10.1. The fourth-order valence-electron chi connectivity index (χ4n) is 2.32. The molecule has 0 saturated carbocycles. The number of halogens is 2. The minimum Gasteiger partial charge on any atom is -0.492 e. The minimum atomic E-state index is -0.00548. The summed E-state index contributed by atoms with van der Waals surface area (Å²) in [5.74, 6) is 1.93. The Labute approximate surface area is 163 Å². The number of ether oxygens (including phenoxy) is 1. The zero-order valence-corrected chi connectivity index (χ0v) is 16.6. The molecule has 25 heavy (non-hydrogen) atoms. The number of hydrogen-bond donors (Lipinski definition) is 1. The number of nitrogens with one attached hydrogen (secondary N) is 1. The van der Waals surface area contributed by atoms with E-state index in [4.69, 9.17) is 27.9 Å². The van der Waals surface area contributed by atoms with Crippen LogP contribution < -0.4 is 10.1 Å². The number of thioether (sulfide) groups is 1. The Morgan fingerprint density at radius 1 is 1.08 bits per heavy atom. The van der Waals surface area contributed by atoms with Crippen molar-refractivity contribution in [2.75, 3.05) is 18.9 Å². The molecule has 134 valence electrons. The minimum absolute atomic E-state index is 0.00548. The predicted octanol–water partition coefficient (Wildman–Crippen LogP) is 5.04. The van der Waals surface area contributed by atoms with Gasteiger partial charge in [0.1, 0.15) is 12.4 Å². The topological polar surface area (TPSA) is 38.3 Å². The van der Waals surface area contributed by atoms with Gasteiger partial charge in [-0.05, 0) is 54.8 Å². The lowest BCUT2D eigenvalue weighted by Gasteiger charge is -2.09. The molecular formula is C19H21Cl2NO2S. The van der Waals surface area contributed by atoms with Gasteiger partial charge in [0, 0.05) is 5.75 Å². The number of rotatable bonds is 8. The molecule has 0 aliphatic heterocycles. The second-order valence-corrected chi connectivity index (χ2v) is 7.56. The largest absolute Gasteiger partial charge is 0.492 e. The molecule has 6 heteroatoms. The zero-order chi connectivity index (χ0) is 18.2. The van der Waals surface area contributed by atoms with Gasteiger partial charge in [0.25, 0.3) is 0 Å². The second kappa shape index (κ2) is 9.95. The van der Waals surface area contributed by atoms with E-state index < -0.39 is 0 Å². The molecule has 2 aromatic rings. The van der Waals surface area contributed by atoms with Crippen LogP contribution in [0.15, 0.2) is 36.4 Å². The first kappa shape index (κ1) is 20.0. The molecule has 0 fully saturated rings. The van der Waals surface area contributed by atoms with Crippen molar-refractivity contribution in [3.8, 4) is 5.75 Å². The number of amides is 1. The van der Waals surface area contributed by atoms with E-state index in [1.165, 1.54) is 11.8 Å². The fourth-order valence-corrected chi connectivity index (χ4v) is 3.44. The van der Waals surface area contributed by atoms with Gasteiger partial charge in [0.2, 0.25) is 5.91 Å². The molecule has 2 rings (SSSR count). The van der Waals surface area contributed by atoms with E-state index in [9.17, 15) is 4.79 Å². The van der Waals surface area contributed by atoms with Crippen molar-refractivity contribution in [2.24, 2.45) is 0 Å². The number of hydrogen-bond acceptors (Lipinski definition) is 3. The predicted molar refractivity (Wildman–Crippen MR) is 107 cm³/mol. The van der Waals surface area contributed by atoms with E-state index in [1.54, 1.807) is 6.07 Å². The lowest BCUT2D eigenvalue weighted by molar-refractivity contribution is -0.118. The normalized spacial score (nSPS) is 10.6. The van der Waals surface area contributed by atoms with E-state index in [0.717, 1.165) is 22.4 Å². The Bertz CT molecular complexity index is 717. The standard InChI is InChI=1S/C19H21Cl2NO2S/c1-13-7-14(2)9-16(8-13)24-6-5-22-19(23)12-25-11-15-3-4-17(20)18(21)10-15/h3-4,7-10H,5-6,11-12H2,1-2H3,(H,22,23). The van der Waals surface area contributed by atoms with Crippen LogP contribution in [0.4, 0.5) is 0 Å². The van der Waals surface area contributed by atoms with Crippen molar-refractivity contribution in [1.29, 1.82) is 0 Å². The number of benzene rings is 2. The first-order valence-electron chi connectivity index (χ1n) is 7.93. The van der Waals surface area contributed by atoms with Crippen molar-refractivity contribution in [3.05, 3.63) is 63.1 Å². The Balaban J connectivity index is 1.63. The molecule has 0 aliphatic rings. The van der Waals surface area contributed by atoms with E-state index >= 15 is 0 Å². The highest BCUT2D eigenvalue weighted by atomic mass is 35.5. The highest BCUT2D eigenvalue weighted by Crippen LogP contribution is 2.24. The van der Waals surface area contributed by atoms with Gasteiger partial charge in [-0.2, -0.15) is 0 Å². The molecule has 0 heterocycles. The van der Waals surface area contributed by atoms with Crippen LogP contribution in [-0.4, -0.2) is 24.8 Å². The van der Waals surface area contributed by atoms with Gasteiger partial charge in [-0.1, -0.05) is 35.3 Å². The van der Waals surface area contributed by atoms with Gasteiger partial charge in [0.15, 0.2) is 0 Å². The van der Waals surface area contributed by atoms with Gasteiger partial charge in [-0.3, -0.25) is 4.79 Å². The smallest absolute Gasteiger partial charge is 0.230 e. The summed E-state index contributed by atoms with van der Waals surface area (Å²) in [6.45, 7) is 5.00. The number of carbonyl (C=O) groups excluding carboxylic acids is 1. The zero-order valence-electron chi connectivity index (χ0n) is 14.3. The van der Waals surface area contributed by atoms with Crippen molar-refractivity contribution >= 4 is 40.9 Å². The summed E-state index contributed by atoms with van der Waals surface area (Å²) < 4.78 is 5.67. The quantitative estimate of drug-likeness (QED) is 0.634. The van der Waals surface area contributed by atoms with Gasteiger partial charge >= 0.3 is 0 Å². The summed E-state index contributed by atoms with van der Waals surface area (Å²) in [6.07, 6.45) is 0. The highest BCUT2D eigenvalue weighted by Gasteiger charge is 2.04. The van der Waals surface area contributed by atoms with Crippen LogP contribution in [-0.2, 0) is 10.5 Å². The summed E-state index contributed by atoms with van der Waals surface area (Å²) in [5, 5.41) is 3.93. The number of carbonyl (C=O) groups is 1. The van der Waals surface area contributed by atoms with Crippen LogP contribution in [0.2, 0.25) is 10.0 Å². The SMILES string of the molecule is Cc1cc(C)cc(OCCNC(=O)CSCc2ccc(Cl)c(Cl)c2)c1. The third kappa shape index (κ3) is 7.18. The number of aryl methyl sites for hydroxylation is 2. The molecular weight excluding hydrogens is 377 g/mol. The van der Waals surface area contributed by atoms with Crippen molar-refractivity contribution < 1.29 is 9.53 Å². The monoisotopic (exact) mass is 397 g/mol. The first-order chi connectivity index (χ1) is 11.9. The second-order valence-electron chi connectivity index (χ2n) is 5.76. The van der Waals surface area contributed by atoms with Crippen LogP contribution in [0.5, 0.6) is 5.75 Å². The Hall–Kier alpha value is -1.36. The summed E-state index contributed by atoms with van der Waals surface area (Å²) in [5.41, 5.74) is 3.38. The highest BCUT2D eigenvalue weighted by molar-refractivity contribution is 7.99. The fraction of sp³-hybridized carbons (Fsp3) is 0.316. The Morgan fingerprint density at radius 3 is 2.48 bits per heavy atom. The van der Waals surface area contributed by atoms with Gasteiger partial charge in [-0.25, -0.2) is 0 Å². The van der Waals surface area contributed by atoms with Gasteiger partial charge in [0.05, 0.1) is 22.3 Å². The molecule has 3 nitrogen and oxygen atoms in total. The van der Waals surface area contributed by atoms with Crippen molar-refractivity contribution in [3.63, 3.8) is 0 Å². The van der Waals surface area contributed by atoms with Crippen LogP contribution in [0, 0.1) is 13.8 Å². The van der Waals surface area contributed by atoms with Crippen LogP contribution >= 0.6 is 35.0 Å². The van der Waals surface area contributed by atoms with Crippen LogP contribution in [0.1, 0.15) is 16.7 Å². The molecule has 0 unspecified atom stereocenters. The third-order valence-electron chi connectivity index (χ3n) is 3.37. The maximum Gasteiger partial charge on any atom is 0.230 e. The van der Waals surface area contributed by atoms with Crippen molar-refractivity contribution in [2.45, 2.75) is 19.6 Å². The first-order valence-corrected chi connectivity index (χ1v) is 9.84. The average Bonchev–Trinajstić information content (AvgIpc) is 2.54. The summed E-state index contributed by atoms with van der Waals surface area (Å²) in [6, 6.07) is 11.6. The maximum absolute atomic E-state index is 11.8. The molecule has 0 atom stereocenters. The van der Waals surface area contributed by atoms with Crippen molar-refractivity contribution in [1.82, 2.24) is 5.32 Å². The molecule has 0 saturated heterocycles. The molecule has 0 spiro atoms. The summed E-state index contributed by atoms with van der Waals surface area (Å²) >= 11 is 13.4. The summed E-state index contributed by atoms with van der Waals surface area (Å²) in [7, 11) is 0. The Kier molecular flexibility index (Phi) is 7.94. The maximum atomic E-state index is 11.8. The van der Waals surface area contributed by atoms with E-state index in [-0.39, 0.29) is 5.91 Å². The molecule has 2 aromatic carbocycles. The van der Waals surface area contributed by atoms with Crippen LogP contribution in [0.25, 0.3) is 0 Å². The van der Waals surface area contributed by atoms with Gasteiger partial charge in [-0.15, -0.1) is 11.8 Å². The molecule has 0 radical (unpaired) electrons.